The van der Waals surface area contributed by atoms with Gasteiger partial charge in [-0.05, 0) is 18.2 Å². The van der Waals surface area contributed by atoms with Crippen LogP contribution in [0.1, 0.15) is 0 Å². The van der Waals surface area contributed by atoms with E-state index in [2.05, 4.69) is 10.7 Å². The smallest absolute Gasteiger partial charge is 0.307 e. The molecule has 2 N–H and O–H groups in total. The molecule has 1 aliphatic heterocycles. The number of nitrogens with one attached hydrogen (secondary N) is 2. The van der Waals surface area contributed by atoms with Gasteiger partial charge in [0.05, 0.1) is 6.54 Å². The summed E-state index contributed by atoms with van der Waals surface area (Å²) in [5.74, 6) is 0. The van der Waals surface area contributed by atoms with Crippen molar-refractivity contribution < 1.29 is 4.79 Å². The van der Waals surface area contributed by atoms with E-state index in [9.17, 15) is 4.79 Å². The van der Waals surface area contributed by atoms with E-state index in [1.165, 1.54) is 0 Å². The molecule has 1 aromatic carbocycles. The van der Waals surface area contributed by atoms with E-state index in [1.807, 2.05) is 54.8 Å². The van der Waals surface area contributed by atoms with Gasteiger partial charge < -0.3 is 5.32 Å². The lowest BCUT2D eigenvalue weighted by molar-refractivity contribution is 0.226. The highest BCUT2D eigenvalue weighted by atomic mass is 16.2. The highest BCUT2D eigenvalue weighted by Crippen LogP contribution is 2.04. The largest absolute Gasteiger partial charge is 0.338 e. The molecule has 2 rings (SSSR count). The van der Waals surface area contributed by atoms with Gasteiger partial charge in [0.2, 0.25) is 0 Å². The standard InChI is InChI=1S/C12H13N3O/c16-12(13-11-7-3-1-4-8-11)14-15-9-5-2-6-10-15/h1-9H,10H2,(H2,13,14,16). The van der Waals surface area contributed by atoms with Crippen molar-refractivity contribution in [3.63, 3.8) is 0 Å². The number of para-hydroxylation sites is 1. The van der Waals surface area contributed by atoms with Gasteiger partial charge in [0.25, 0.3) is 0 Å². The number of urea groups is 1. The molecule has 0 bridgehead atoms. The molecular weight excluding hydrogens is 202 g/mol. The van der Waals surface area contributed by atoms with Crippen LogP contribution < -0.4 is 10.7 Å². The number of hydrogen-bond acceptors (Lipinski definition) is 2. The zero-order chi connectivity index (χ0) is 11.2. The van der Waals surface area contributed by atoms with Crippen LogP contribution in [0.2, 0.25) is 0 Å². The number of hydrazine groups is 1. The van der Waals surface area contributed by atoms with E-state index in [-0.39, 0.29) is 6.03 Å². The first-order valence-corrected chi connectivity index (χ1v) is 5.07. The predicted octanol–water partition coefficient (Wildman–Crippen LogP) is 2.11. The van der Waals surface area contributed by atoms with Crippen molar-refractivity contribution in [3.8, 4) is 0 Å². The van der Waals surface area contributed by atoms with Crippen LogP contribution in [0.4, 0.5) is 10.5 Å². The number of rotatable bonds is 2. The van der Waals surface area contributed by atoms with Crippen LogP contribution >= 0.6 is 0 Å². The second kappa shape index (κ2) is 5.02. The first-order chi connectivity index (χ1) is 7.84. The molecule has 0 unspecified atom stereocenters. The fourth-order valence-electron chi connectivity index (χ4n) is 1.36. The van der Waals surface area contributed by atoms with Gasteiger partial charge in [-0.1, -0.05) is 30.4 Å². The van der Waals surface area contributed by atoms with Crippen LogP contribution in [0.5, 0.6) is 0 Å². The van der Waals surface area contributed by atoms with Gasteiger partial charge in [-0.2, -0.15) is 0 Å². The van der Waals surface area contributed by atoms with Gasteiger partial charge in [-0.25, -0.2) is 10.2 Å². The molecule has 0 atom stereocenters. The molecule has 1 heterocycles. The Kier molecular flexibility index (Phi) is 3.23. The number of benzene rings is 1. The molecule has 82 valence electrons. The lowest BCUT2D eigenvalue weighted by Crippen LogP contribution is -2.41. The van der Waals surface area contributed by atoms with Gasteiger partial charge >= 0.3 is 6.03 Å². The first kappa shape index (κ1) is 10.3. The Hall–Kier alpha value is -2.23. The van der Waals surface area contributed by atoms with Crippen LogP contribution in [0.25, 0.3) is 0 Å². The Morgan fingerprint density at radius 2 is 2.00 bits per heavy atom. The molecule has 0 spiro atoms. The number of anilines is 1. The number of carbonyl (C=O) groups excluding carboxylic acids is 1. The summed E-state index contributed by atoms with van der Waals surface area (Å²) < 4.78 is 0. The molecule has 4 nitrogen and oxygen atoms in total. The van der Waals surface area contributed by atoms with Crippen molar-refractivity contribution in [2.24, 2.45) is 0 Å². The predicted molar refractivity (Wildman–Crippen MR) is 63.6 cm³/mol. The molecule has 2 amide bonds. The van der Waals surface area contributed by atoms with Crippen molar-refractivity contribution in [2.75, 3.05) is 11.9 Å². The van der Waals surface area contributed by atoms with E-state index >= 15 is 0 Å². The number of carbonyl (C=O) groups is 1. The van der Waals surface area contributed by atoms with Crippen LogP contribution in [0.15, 0.2) is 54.8 Å². The minimum atomic E-state index is -0.244. The summed E-state index contributed by atoms with van der Waals surface area (Å²) in [5, 5.41) is 4.45. The maximum Gasteiger partial charge on any atom is 0.338 e. The lowest BCUT2D eigenvalue weighted by Gasteiger charge is -2.21. The number of allylic oxidation sites excluding steroid dienone is 2. The summed E-state index contributed by atoms with van der Waals surface area (Å²) in [7, 11) is 0. The van der Waals surface area contributed by atoms with Gasteiger partial charge in [-0.15, -0.1) is 0 Å². The number of amides is 2. The summed E-state index contributed by atoms with van der Waals surface area (Å²) in [6.07, 6.45) is 7.58. The maximum atomic E-state index is 11.6. The molecule has 1 aromatic rings. The van der Waals surface area contributed by atoms with E-state index in [0.717, 1.165) is 5.69 Å². The van der Waals surface area contributed by atoms with E-state index in [0.29, 0.717) is 6.54 Å². The van der Waals surface area contributed by atoms with Gasteiger partial charge in [0.1, 0.15) is 0 Å². The molecule has 0 saturated heterocycles. The van der Waals surface area contributed by atoms with Crippen molar-refractivity contribution in [1.29, 1.82) is 0 Å². The number of nitrogens with zero attached hydrogens (tertiary/aromatic N) is 1. The Labute approximate surface area is 94.2 Å². The third-order valence-corrected chi connectivity index (χ3v) is 2.09. The third-order valence-electron chi connectivity index (χ3n) is 2.09. The molecule has 1 aliphatic rings. The van der Waals surface area contributed by atoms with Gasteiger partial charge in [0, 0.05) is 11.9 Å². The molecule has 4 heteroatoms. The van der Waals surface area contributed by atoms with Crippen LogP contribution in [0.3, 0.4) is 0 Å². The van der Waals surface area contributed by atoms with Crippen LogP contribution in [-0.4, -0.2) is 17.6 Å². The fourth-order valence-corrected chi connectivity index (χ4v) is 1.36. The van der Waals surface area contributed by atoms with Crippen LogP contribution in [0, 0.1) is 0 Å². The van der Waals surface area contributed by atoms with Crippen molar-refractivity contribution in [3.05, 3.63) is 54.8 Å². The molecule has 16 heavy (non-hydrogen) atoms. The molecule has 0 aliphatic carbocycles. The van der Waals surface area contributed by atoms with E-state index in [1.54, 1.807) is 5.01 Å². The number of hydrogen-bond donors (Lipinski definition) is 2. The van der Waals surface area contributed by atoms with Crippen molar-refractivity contribution in [1.82, 2.24) is 10.4 Å². The minimum Gasteiger partial charge on any atom is -0.307 e. The SMILES string of the molecule is O=C(Nc1ccccc1)NN1C=CC=CC1. The fraction of sp³-hybridized carbons (Fsp3) is 0.0833. The Bertz CT molecular complexity index is 412. The summed E-state index contributed by atoms with van der Waals surface area (Å²) in [5.41, 5.74) is 3.49. The van der Waals surface area contributed by atoms with E-state index in [4.69, 9.17) is 0 Å². The minimum absolute atomic E-state index is 0.244. The summed E-state index contributed by atoms with van der Waals surface area (Å²) in [6.45, 7) is 0.679. The summed E-state index contributed by atoms with van der Waals surface area (Å²) in [4.78, 5) is 11.6. The third kappa shape index (κ3) is 2.88. The average molecular weight is 215 g/mol. The van der Waals surface area contributed by atoms with Crippen LogP contribution in [-0.2, 0) is 0 Å². The molecule has 0 radical (unpaired) electrons. The van der Waals surface area contributed by atoms with Gasteiger partial charge in [-0.3, -0.25) is 5.01 Å². The second-order valence-corrected chi connectivity index (χ2v) is 3.35. The zero-order valence-corrected chi connectivity index (χ0v) is 8.76. The summed E-state index contributed by atoms with van der Waals surface area (Å²) >= 11 is 0. The quantitative estimate of drug-likeness (QED) is 0.793. The van der Waals surface area contributed by atoms with Gasteiger partial charge in [0.15, 0.2) is 0 Å². The molecule has 0 saturated carbocycles. The topological polar surface area (TPSA) is 44.4 Å². The zero-order valence-electron chi connectivity index (χ0n) is 8.76. The van der Waals surface area contributed by atoms with Crippen molar-refractivity contribution >= 4 is 11.7 Å². The molecule has 0 aromatic heterocycles. The Balaban J connectivity index is 1.85. The summed E-state index contributed by atoms with van der Waals surface area (Å²) in [6, 6.07) is 9.09. The first-order valence-electron chi connectivity index (χ1n) is 5.07. The van der Waals surface area contributed by atoms with E-state index < -0.39 is 0 Å². The highest BCUT2D eigenvalue weighted by Gasteiger charge is 2.05. The monoisotopic (exact) mass is 215 g/mol. The lowest BCUT2D eigenvalue weighted by atomic mass is 10.3. The Morgan fingerprint density at radius 3 is 2.69 bits per heavy atom. The van der Waals surface area contributed by atoms with Crippen molar-refractivity contribution in [2.45, 2.75) is 0 Å². The normalized spacial score (nSPS) is 13.6. The Morgan fingerprint density at radius 1 is 1.19 bits per heavy atom. The molecular formula is C12H13N3O. The average Bonchev–Trinajstić information content (AvgIpc) is 2.31. The highest BCUT2D eigenvalue weighted by molar-refractivity contribution is 5.88. The second-order valence-electron chi connectivity index (χ2n) is 3.35. The molecule has 0 fully saturated rings. The maximum absolute atomic E-state index is 11.6.